The molecule has 3 heterocycles. The molecule has 3 aliphatic rings. The van der Waals surface area contributed by atoms with E-state index in [1.165, 1.54) is 49.5 Å². The molecule has 4 aromatic carbocycles. The Labute approximate surface area is 517 Å². The molecule has 482 valence electrons. The molecule has 25 nitrogen and oxygen atoms in total. The number of nitrogens with zero attached hydrogens (tertiary/aromatic N) is 4. The van der Waals surface area contributed by atoms with Gasteiger partial charge in [-0.3, -0.25) is 38.6 Å². The number of rotatable bonds is 18. The molecule has 7 amide bonds. The normalized spacial score (nSPS) is 26.6. The summed E-state index contributed by atoms with van der Waals surface area (Å²) >= 11 is 0. The second-order valence-corrected chi connectivity index (χ2v) is 24.4. The van der Waals surface area contributed by atoms with Crippen molar-refractivity contribution in [1.82, 2.24) is 36.4 Å². The summed E-state index contributed by atoms with van der Waals surface area (Å²) in [6.45, 7) is 6.31. The number of hydrogen-bond donors (Lipinski definition) is 13. The predicted octanol–water partition coefficient (Wildman–Crippen LogP) is -0.0999. The Morgan fingerprint density at radius 3 is 1.79 bits per heavy atom. The molecule has 3 saturated heterocycles. The number of likely N-dealkylation sites (N-methyl/N-ethyl adjacent to an activating group) is 1. The van der Waals surface area contributed by atoms with E-state index in [0.717, 1.165) is 70.9 Å². The lowest BCUT2D eigenvalue weighted by Crippen LogP contribution is -2.64. The molecule has 1 unspecified atom stereocenters. The average molecular weight is 1240 g/mol. The van der Waals surface area contributed by atoms with E-state index in [9.17, 15) is 74.4 Å². The lowest BCUT2D eigenvalue weighted by Gasteiger charge is -2.34. The summed E-state index contributed by atoms with van der Waals surface area (Å²) in [5, 5.41) is 103. The Hall–Kier alpha value is -7.88. The molecule has 0 aromatic heterocycles. The summed E-state index contributed by atoms with van der Waals surface area (Å²) < 4.78 is 6.32. The zero-order valence-electron chi connectivity index (χ0n) is 51.2. The van der Waals surface area contributed by atoms with Gasteiger partial charge in [0.2, 0.25) is 35.4 Å². The van der Waals surface area contributed by atoms with Crippen LogP contribution >= 0.6 is 0 Å². The number of amides is 7. The molecule has 0 aliphatic carbocycles. The zero-order chi connectivity index (χ0) is 65.0. The van der Waals surface area contributed by atoms with E-state index in [1.807, 2.05) is 69.7 Å². The van der Waals surface area contributed by atoms with Gasteiger partial charge in [-0.2, -0.15) is 0 Å². The van der Waals surface area contributed by atoms with E-state index in [1.54, 1.807) is 12.1 Å². The van der Waals surface area contributed by atoms with Crippen molar-refractivity contribution in [1.29, 1.82) is 0 Å². The number of quaternary nitrogens is 1. The van der Waals surface area contributed by atoms with E-state index in [0.29, 0.717) is 17.6 Å². The van der Waals surface area contributed by atoms with Crippen LogP contribution in [-0.2, 0) is 28.8 Å². The number of hydrogen-bond acceptors (Lipinski definition) is 17. The first-order valence-electron chi connectivity index (χ1n) is 30.1. The van der Waals surface area contributed by atoms with Gasteiger partial charge in [-0.25, -0.2) is 0 Å². The minimum atomic E-state index is -2.28. The van der Waals surface area contributed by atoms with E-state index < -0.39 is 152 Å². The molecule has 89 heavy (non-hydrogen) atoms. The van der Waals surface area contributed by atoms with Crippen molar-refractivity contribution in [2.24, 2.45) is 10.9 Å². The Kier molecular flexibility index (Phi) is 23.6. The predicted molar refractivity (Wildman–Crippen MR) is 327 cm³/mol. The third-order valence-corrected chi connectivity index (χ3v) is 16.3. The Bertz CT molecular complexity index is 3110. The van der Waals surface area contributed by atoms with Crippen LogP contribution in [-0.4, -0.2) is 236 Å². The van der Waals surface area contributed by atoms with Gasteiger partial charge in [0.05, 0.1) is 77.4 Å². The molecule has 0 saturated carbocycles. The number of ether oxygens (including phenoxy) is 1. The van der Waals surface area contributed by atoms with Crippen LogP contribution in [0.5, 0.6) is 11.5 Å². The van der Waals surface area contributed by atoms with E-state index in [4.69, 9.17) is 4.74 Å². The molecular weight excluding hydrogens is 1150 g/mol. The molecule has 0 radical (unpaired) electrons. The molecule has 7 rings (SSSR count). The topological polar surface area (TPSA) is 370 Å². The molecule has 4 aromatic rings. The average Bonchev–Trinajstić information content (AvgIpc) is 2.99. The molecule has 25 heteroatoms. The number of phenols is 1. The van der Waals surface area contributed by atoms with Crippen LogP contribution in [0.1, 0.15) is 81.8 Å². The summed E-state index contributed by atoms with van der Waals surface area (Å²) in [5.74, 6) is -8.15. The molecule has 15 atom stereocenters. The fourth-order valence-electron chi connectivity index (χ4n) is 10.9. The molecule has 3 fully saturated rings. The highest BCUT2D eigenvalue weighted by Gasteiger charge is 2.50. The lowest BCUT2D eigenvalue weighted by molar-refractivity contribution is -0.868. The largest absolute Gasteiger partial charge is 0.508 e. The van der Waals surface area contributed by atoms with Crippen LogP contribution in [0.25, 0.3) is 22.3 Å². The lowest BCUT2D eigenvalue weighted by atomic mass is 9.96. The quantitative estimate of drug-likeness (QED) is 0.0351. The Balaban J connectivity index is 1.24. The second kappa shape index (κ2) is 30.6. The van der Waals surface area contributed by atoms with Gasteiger partial charge in [-0.15, -0.1) is 0 Å². The maximum atomic E-state index is 14.8. The van der Waals surface area contributed by atoms with Gasteiger partial charge in [-0.05, 0) is 84.5 Å². The van der Waals surface area contributed by atoms with Gasteiger partial charge in [0.1, 0.15) is 60.0 Å². The highest BCUT2D eigenvalue weighted by molar-refractivity contribution is 6.00. The molecule has 3 aliphatic heterocycles. The maximum absolute atomic E-state index is 14.8. The van der Waals surface area contributed by atoms with Crippen LogP contribution in [0.3, 0.4) is 0 Å². The minimum Gasteiger partial charge on any atom is -0.508 e. The van der Waals surface area contributed by atoms with Crippen molar-refractivity contribution in [3.63, 3.8) is 0 Å². The summed E-state index contributed by atoms with van der Waals surface area (Å²) in [4.78, 5) is 109. The SMILES string of the molecule is CCCCCOc1ccc(-c2ccc(-c3ccc(C(=O)N[C@H]4C[C@@H](O)C(C=NCC[N+](C)(C)C)NC(=O)[C@@H]5[C@@H](O)[C@@H](C)CN5C(=O)[C@H]([C@@H](C)O)NC(=O)[C@H]([C@H](O)[C@@H](O)c5ccc(O)cc5)NC(=O)[C@@H]5C[C@@H](O)CN5C(=O)[C@H]([C@@H](C)O)NC4=O)cc3)cc2)cc1. The van der Waals surface area contributed by atoms with E-state index in [2.05, 4.69) is 38.5 Å². The second-order valence-electron chi connectivity index (χ2n) is 24.4. The summed E-state index contributed by atoms with van der Waals surface area (Å²) in [7, 11) is 5.72. The van der Waals surface area contributed by atoms with Crippen LogP contribution in [0.2, 0.25) is 0 Å². The summed E-state index contributed by atoms with van der Waals surface area (Å²) in [6.07, 6.45) is -9.51. The monoisotopic (exact) mass is 1240 g/mol. The van der Waals surface area contributed by atoms with Crippen molar-refractivity contribution in [3.8, 4) is 33.8 Å². The number of aliphatic hydroxyl groups is 7. The van der Waals surface area contributed by atoms with Gasteiger partial charge in [0, 0.05) is 43.6 Å². The molecule has 0 bridgehead atoms. The highest BCUT2D eigenvalue weighted by atomic mass is 16.5. The first-order valence-corrected chi connectivity index (χ1v) is 30.1. The number of aliphatic imine (C=N–C) groups is 1. The van der Waals surface area contributed by atoms with Crippen molar-refractivity contribution < 1.29 is 83.6 Å². The number of carbonyl (C=O) groups is 7. The van der Waals surface area contributed by atoms with Gasteiger partial charge in [0.25, 0.3) is 5.91 Å². The fraction of sp³-hybridized carbons (Fsp3) is 0.500. The van der Waals surface area contributed by atoms with Crippen molar-refractivity contribution in [2.75, 3.05) is 53.9 Å². The number of benzene rings is 4. The highest BCUT2D eigenvalue weighted by Crippen LogP contribution is 2.30. The van der Waals surface area contributed by atoms with Crippen LogP contribution < -0.4 is 31.3 Å². The Morgan fingerprint density at radius 1 is 0.685 bits per heavy atom. The van der Waals surface area contributed by atoms with Gasteiger partial charge < -0.3 is 86.5 Å². The Morgan fingerprint density at radius 2 is 1.22 bits per heavy atom. The summed E-state index contributed by atoms with van der Waals surface area (Å²) in [6, 6.07) is 13.8. The van der Waals surface area contributed by atoms with Crippen molar-refractivity contribution >= 4 is 47.6 Å². The van der Waals surface area contributed by atoms with E-state index in [-0.39, 0.29) is 30.0 Å². The summed E-state index contributed by atoms with van der Waals surface area (Å²) in [5.41, 5.74) is 3.49. The number of phenolic OH excluding ortho intramolecular Hbond substituents is 1. The first kappa shape index (κ1) is 68.6. The number of nitrogens with one attached hydrogen (secondary N) is 5. The van der Waals surface area contributed by atoms with Gasteiger partial charge in [0.15, 0.2) is 0 Å². The molecule has 0 spiro atoms. The number of unbranched alkanes of at least 4 members (excludes halogenated alkanes) is 2. The van der Waals surface area contributed by atoms with Crippen LogP contribution in [0.15, 0.2) is 102 Å². The van der Waals surface area contributed by atoms with E-state index >= 15 is 0 Å². The van der Waals surface area contributed by atoms with Crippen LogP contribution in [0.4, 0.5) is 0 Å². The number of carbonyl (C=O) groups excluding carboxylic acids is 7. The smallest absolute Gasteiger partial charge is 0.251 e. The maximum Gasteiger partial charge on any atom is 0.251 e. The zero-order valence-corrected chi connectivity index (χ0v) is 51.2. The van der Waals surface area contributed by atoms with Gasteiger partial charge >= 0.3 is 0 Å². The first-order chi connectivity index (χ1) is 42.1. The molecule has 13 N–H and O–H groups in total. The third kappa shape index (κ3) is 17.7. The standard InChI is InChI=1S/C64H85N9O16/c1-8-9-10-29-89-46-25-21-41(22-26-46)39-13-11-38(12-14-39)40-15-17-43(18-16-40)58(82)66-47-31-50(78)48(32-65-27-28-73(5,6)7)67-62(86)54-55(79)35(2)33-72(54)64(88)52(37(4)75)69-61(85)53(57(81)56(80)42-19-23-44(76)24-20-42)70-60(84)49-30-45(77)34-71(49)63(87)51(36(3)74)68-59(47)83/h11-26,32,35-37,45,47-57,74-75,77-81H,8-10,27-31,33-34H2,1-7H3,(H5-,66,67,68,69,70,76,82,83,84,85,86)/p+1/t35-,36+,37+,45+,47-,48?,49-,50+,51-,52-,53-,54-,55-,56-,57-/m0/s1. The molecular formula is C64H86N9O16+. The van der Waals surface area contributed by atoms with Crippen LogP contribution in [0, 0.1) is 5.92 Å². The van der Waals surface area contributed by atoms with Crippen molar-refractivity contribution in [2.45, 2.75) is 145 Å². The number of fused-ring (bicyclic) bond motifs is 2. The third-order valence-electron chi connectivity index (χ3n) is 16.3. The number of aromatic hydroxyl groups is 1. The minimum absolute atomic E-state index is 0.0541. The fourth-order valence-corrected chi connectivity index (χ4v) is 10.9. The number of aliphatic hydroxyl groups excluding tert-OH is 7. The van der Waals surface area contributed by atoms with Crippen molar-refractivity contribution in [3.05, 3.63) is 108 Å². The van der Waals surface area contributed by atoms with Gasteiger partial charge in [-0.1, -0.05) is 87.4 Å².